The van der Waals surface area contributed by atoms with E-state index in [1.165, 1.54) is 10.4 Å². The Morgan fingerprint density at radius 3 is 1.51 bits per heavy atom. The summed E-state index contributed by atoms with van der Waals surface area (Å²) in [6.45, 7) is 14.8. The Balaban J connectivity index is 1.76. The lowest BCUT2D eigenvalue weighted by atomic mass is 10.2. The molecule has 7 heteroatoms. The topological polar surface area (TPSA) is 63.2 Å². The van der Waals surface area contributed by atoms with Crippen LogP contribution in [-0.4, -0.2) is 66.1 Å². The van der Waals surface area contributed by atoms with Crippen molar-refractivity contribution in [1.29, 1.82) is 0 Å². The van der Waals surface area contributed by atoms with Crippen LogP contribution < -0.4 is 10.4 Å². The van der Waals surface area contributed by atoms with Gasteiger partial charge in [-0.15, -0.1) is 0 Å². The minimum Gasteiger partial charge on any atom is -0.458 e. The summed E-state index contributed by atoms with van der Waals surface area (Å²) in [4.78, 5) is 11.6. The molecule has 2 aromatic rings. The van der Waals surface area contributed by atoms with Gasteiger partial charge in [0, 0.05) is 0 Å². The van der Waals surface area contributed by atoms with E-state index in [1.54, 1.807) is 0 Å². The summed E-state index contributed by atoms with van der Waals surface area (Å²) >= 11 is 0. The standard InChI is InChI=1S/C28H42O6Si/c1-27(2,3)34-26(29)23-32-20-19-30-17-18-31-21-22-33-35(28(4,5)6,24-13-9-7-10-14-24)25-15-11-8-12-16-25/h7-16H,17-23H2,1-6H3. The van der Waals surface area contributed by atoms with Crippen LogP contribution in [0.4, 0.5) is 0 Å². The van der Waals surface area contributed by atoms with Gasteiger partial charge in [0.15, 0.2) is 0 Å². The smallest absolute Gasteiger partial charge is 0.332 e. The molecule has 0 amide bonds. The lowest BCUT2D eigenvalue weighted by molar-refractivity contribution is -0.160. The molecule has 0 spiro atoms. The second-order valence-electron chi connectivity index (χ2n) is 10.4. The molecule has 0 fully saturated rings. The van der Waals surface area contributed by atoms with E-state index >= 15 is 0 Å². The van der Waals surface area contributed by atoms with E-state index < -0.39 is 13.9 Å². The zero-order valence-electron chi connectivity index (χ0n) is 22.2. The summed E-state index contributed by atoms with van der Waals surface area (Å²) in [5.41, 5.74) is -0.505. The Morgan fingerprint density at radius 1 is 0.657 bits per heavy atom. The molecule has 35 heavy (non-hydrogen) atoms. The van der Waals surface area contributed by atoms with Crippen molar-refractivity contribution in [3.63, 3.8) is 0 Å². The number of esters is 1. The van der Waals surface area contributed by atoms with Crippen molar-refractivity contribution >= 4 is 24.7 Å². The number of hydrogen-bond donors (Lipinski definition) is 0. The summed E-state index contributed by atoms with van der Waals surface area (Å²) in [5, 5.41) is 2.46. The maximum absolute atomic E-state index is 11.6. The van der Waals surface area contributed by atoms with Gasteiger partial charge >= 0.3 is 5.97 Å². The first-order chi connectivity index (χ1) is 16.6. The van der Waals surface area contributed by atoms with E-state index in [0.717, 1.165) is 0 Å². The number of benzene rings is 2. The molecule has 6 nitrogen and oxygen atoms in total. The number of carbonyl (C=O) groups is 1. The minimum absolute atomic E-state index is 0.0574. The molecule has 0 saturated heterocycles. The highest BCUT2D eigenvalue weighted by atomic mass is 28.4. The van der Waals surface area contributed by atoms with E-state index in [-0.39, 0.29) is 17.6 Å². The van der Waals surface area contributed by atoms with Gasteiger partial charge in [0.1, 0.15) is 12.2 Å². The van der Waals surface area contributed by atoms with Gasteiger partial charge in [0.05, 0.1) is 39.6 Å². The van der Waals surface area contributed by atoms with Crippen molar-refractivity contribution in [3.8, 4) is 0 Å². The predicted octanol–water partition coefficient (Wildman–Crippen LogP) is 3.95. The number of ether oxygens (including phenoxy) is 4. The predicted molar refractivity (Wildman–Crippen MR) is 142 cm³/mol. The summed E-state index contributed by atoms with van der Waals surface area (Å²) in [7, 11) is -2.53. The van der Waals surface area contributed by atoms with Crippen LogP contribution in [0.3, 0.4) is 0 Å². The van der Waals surface area contributed by atoms with Crippen LogP contribution in [0.25, 0.3) is 0 Å². The number of carbonyl (C=O) groups excluding carboxylic acids is 1. The van der Waals surface area contributed by atoms with Crippen molar-refractivity contribution in [2.45, 2.75) is 52.2 Å². The molecule has 0 atom stereocenters. The van der Waals surface area contributed by atoms with E-state index in [4.69, 9.17) is 23.4 Å². The Bertz CT molecular complexity index is 819. The highest BCUT2D eigenvalue weighted by Crippen LogP contribution is 2.36. The largest absolute Gasteiger partial charge is 0.458 e. The van der Waals surface area contributed by atoms with Gasteiger partial charge in [0.25, 0.3) is 8.32 Å². The van der Waals surface area contributed by atoms with Gasteiger partial charge in [0.2, 0.25) is 0 Å². The molecule has 0 radical (unpaired) electrons. The second kappa shape index (κ2) is 13.9. The van der Waals surface area contributed by atoms with Crippen LogP contribution in [-0.2, 0) is 28.2 Å². The van der Waals surface area contributed by atoms with Crippen molar-refractivity contribution in [3.05, 3.63) is 60.7 Å². The third-order valence-corrected chi connectivity index (χ3v) is 10.4. The lowest BCUT2D eigenvalue weighted by Crippen LogP contribution is -2.66. The fourth-order valence-electron chi connectivity index (χ4n) is 3.98. The molecular weight excluding hydrogens is 460 g/mol. The summed E-state index contributed by atoms with van der Waals surface area (Å²) in [6, 6.07) is 21.2. The second-order valence-corrected chi connectivity index (χ2v) is 14.7. The molecular formula is C28H42O6Si. The zero-order chi connectivity index (χ0) is 25.8. The van der Waals surface area contributed by atoms with Crippen LogP contribution >= 0.6 is 0 Å². The molecule has 0 N–H and O–H groups in total. The van der Waals surface area contributed by atoms with E-state index in [2.05, 4.69) is 69.3 Å². The Hall–Kier alpha value is -2.03. The minimum atomic E-state index is -2.53. The molecule has 0 aromatic heterocycles. The molecule has 0 unspecified atom stereocenters. The molecule has 0 aliphatic carbocycles. The zero-order valence-corrected chi connectivity index (χ0v) is 23.2. The Labute approximate surface area is 212 Å². The quantitative estimate of drug-likeness (QED) is 0.221. The van der Waals surface area contributed by atoms with E-state index in [9.17, 15) is 4.79 Å². The van der Waals surface area contributed by atoms with Crippen LogP contribution in [0.1, 0.15) is 41.5 Å². The van der Waals surface area contributed by atoms with E-state index in [0.29, 0.717) is 39.6 Å². The Kier molecular flexibility index (Phi) is 11.6. The first kappa shape index (κ1) is 29.2. The van der Waals surface area contributed by atoms with Crippen molar-refractivity contribution in [1.82, 2.24) is 0 Å². The van der Waals surface area contributed by atoms with Crippen LogP contribution in [0.15, 0.2) is 60.7 Å². The molecule has 0 heterocycles. The molecule has 2 rings (SSSR count). The fraction of sp³-hybridized carbons (Fsp3) is 0.536. The van der Waals surface area contributed by atoms with Crippen molar-refractivity contribution in [2.24, 2.45) is 0 Å². The SMILES string of the molecule is CC(C)(C)OC(=O)COCCOCCOCCO[Si](c1ccccc1)(c1ccccc1)C(C)(C)C. The van der Waals surface area contributed by atoms with E-state index in [1.807, 2.05) is 32.9 Å². The maximum Gasteiger partial charge on any atom is 0.332 e. The van der Waals surface area contributed by atoms with Crippen molar-refractivity contribution in [2.75, 3.05) is 46.2 Å². The van der Waals surface area contributed by atoms with Crippen molar-refractivity contribution < 1.29 is 28.2 Å². The fourth-order valence-corrected chi connectivity index (χ4v) is 8.53. The molecule has 194 valence electrons. The van der Waals surface area contributed by atoms with Crippen LogP contribution in [0.2, 0.25) is 5.04 Å². The third-order valence-electron chi connectivity index (χ3n) is 5.35. The highest BCUT2D eigenvalue weighted by molar-refractivity contribution is 6.99. The average molecular weight is 503 g/mol. The van der Waals surface area contributed by atoms with Crippen LogP contribution in [0.5, 0.6) is 0 Å². The maximum atomic E-state index is 11.6. The third kappa shape index (κ3) is 9.50. The normalized spacial score (nSPS) is 12.5. The van der Waals surface area contributed by atoms with Gasteiger partial charge in [-0.25, -0.2) is 4.79 Å². The average Bonchev–Trinajstić information content (AvgIpc) is 2.79. The number of hydrogen-bond acceptors (Lipinski definition) is 6. The number of rotatable bonds is 14. The monoisotopic (exact) mass is 502 g/mol. The molecule has 0 aliphatic heterocycles. The molecule has 0 aliphatic rings. The van der Waals surface area contributed by atoms with Gasteiger partial charge in [-0.3, -0.25) is 0 Å². The summed E-state index contributed by atoms with van der Waals surface area (Å²) < 4.78 is 28.6. The molecule has 2 aromatic carbocycles. The first-order valence-electron chi connectivity index (χ1n) is 12.3. The molecule has 0 bridgehead atoms. The van der Waals surface area contributed by atoms with Gasteiger partial charge in [-0.2, -0.15) is 0 Å². The van der Waals surface area contributed by atoms with Gasteiger partial charge < -0.3 is 23.4 Å². The Morgan fingerprint density at radius 2 is 1.09 bits per heavy atom. The lowest BCUT2D eigenvalue weighted by Gasteiger charge is -2.43. The summed E-state index contributed by atoms with van der Waals surface area (Å²) in [6.07, 6.45) is 0. The first-order valence-corrected chi connectivity index (χ1v) is 14.2. The highest BCUT2D eigenvalue weighted by Gasteiger charge is 2.49. The van der Waals surface area contributed by atoms with Crippen LogP contribution in [0, 0.1) is 0 Å². The molecule has 0 saturated carbocycles. The summed E-state index contributed by atoms with van der Waals surface area (Å²) in [5.74, 6) is -0.373. The van der Waals surface area contributed by atoms with Gasteiger partial charge in [-0.05, 0) is 36.2 Å². The van der Waals surface area contributed by atoms with Gasteiger partial charge in [-0.1, -0.05) is 81.4 Å².